The topological polar surface area (TPSA) is 58.5 Å². The number of thiazole rings is 1. The number of aliphatic imine (C=N–C) groups is 1. The summed E-state index contributed by atoms with van der Waals surface area (Å²) < 4.78 is 5.32. The van der Waals surface area contributed by atoms with Gasteiger partial charge in [0, 0.05) is 30.0 Å². The molecule has 0 saturated carbocycles. The lowest BCUT2D eigenvalue weighted by atomic mass is 10.3. The Labute approximate surface area is 175 Å². The van der Waals surface area contributed by atoms with Crippen molar-refractivity contribution in [3.63, 3.8) is 0 Å². The third kappa shape index (κ3) is 8.02. The first-order chi connectivity index (χ1) is 11.7. The van der Waals surface area contributed by atoms with Crippen LogP contribution in [0.25, 0.3) is 10.6 Å². The molecule has 0 bridgehead atoms. The number of thiophene rings is 1. The van der Waals surface area contributed by atoms with Crippen molar-refractivity contribution in [2.45, 2.75) is 27.2 Å². The van der Waals surface area contributed by atoms with E-state index in [9.17, 15) is 0 Å². The molecule has 0 fully saturated rings. The molecule has 2 rings (SSSR count). The first-order valence-corrected chi connectivity index (χ1v) is 10.0. The van der Waals surface area contributed by atoms with Gasteiger partial charge < -0.3 is 15.4 Å². The van der Waals surface area contributed by atoms with Crippen molar-refractivity contribution in [2.75, 3.05) is 32.8 Å². The van der Waals surface area contributed by atoms with Crippen molar-refractivity contribution in [3.05, 3.63) is 27.4 Å². The lowest BCUT2D eigenvalue weighted by molar-refractivity contribution is 0.155. The summed E-state index contributed by atoms with van der Waals surface area (Å²) in [7, 11) is 0. The van der Waals surface area contributed by atoms with E-state index in [1.165, 1.54) is 9.75 Å². The maximum atomic E-state index is 5.32. The lowest BCUT2D eigenvalue weighted by Crippen LogP contribution is -2.38. The van der Waals surface area contributed by atoms with E-state index in [1.807, 2.05) is 25.2 Å². The highest BCUT2D eigenvalue weighted by Crippen LogP contribution is 2.29. The minimum atomic E-state index is 0. The van der Waals surface area contributed by atoms with Crippen LogP contribution in [0.4, 0.5) is 0 Å². The molecule has 0 saturated heterocycles. The van der Waals surface area contributed by atoms with E-state index in [1.54, 1.807) is 11.3 Å². The smallest absolute Gasteiger partial charge is 0.191 e. The molecule has 2 aromatic heterocycles. The molecule has 0 atom stereocenters. The molecule has 8 heteroatoms. The van der Waals surface area contributed by atoms with E-state index >= 15 is 0 Å². The number of hydrogen-bond donors (Lipinski definition) is 2. The second kappa shape index (κ2) is 12.6. The molecule has 0 unspecified atom stereocenters. The van der Waals surface area contributed by atoms with Crippen LogP contribution in [0.15, 0.2) is 22.5 Å². The van der Waals surface area contributed by atoms with Gasteiger partial charge in [0.15, 0.2) is 5.96 Å². The summed E-state index contributed by atoms with van der Waals surface area (Å²) in [6.45, 7) is 9.89. The summed E-state index contributed by atoms with van der Waals surface area (Å²) in [5, 5.41) is 9.87. The average molecular weight is 494 g/mol. The predicted molar refractivity (Wildman–Crippen MR) is 120 cm³/mol. The second-order valence-electron chi connectivity index (χ2n) is 5.15. The minimum absolute atomic E-state index is 0. The molecule has 0 amide bonds. The molecule has 5 nitrogen and oxygen atoms in total. The first kappa shape index (κ1) is 22.3. The van der Waals surface area contributed by atoms with Gasteiger partial charge in [0.25, 0.3) is 0 Å². The van der Waals surface area contributed by atoms with Gasteiger partial charge in [0.2, 0.25) is 0 Å². The van der Waals surface area contributed by atoms with Gasteiger partial charge in [0.1, 0.15) is 0 Å². The van der Waals surface area contributed by atoms with Gasteiger partial charge in [-0.1, -0.05) is 0 Å². The molecule has 140 valence electrons. The third-order valence-corrected chi connectivity index (χ3v) is 5.19. The molecule has 0 aliphatic heterocycles. The van der Waals surface area contributed by atoms with Crippen molar-refractivity contribution in [1.82, 2.24) is 15.6 Å². The molecule has 2 heterocycles. The zero-order valence-corrected chi connectivity index (χ0v) is 19.0. The highest BCUT2D eigenvalue weighted by Gasteiger charge is 2.06. The average Bonchev–Trinajstić information content (AvgIpc) is 3.20. The number of halogens is 1. The van der Waals surface area contributed by atoms with Crippen LogP contribution in [0, 0.1) is 6.92 Å². The first-order valence-electron chi connectivity index (χ1n) is 8.34. The maximum Gasteiger partial charge on any atom is 0.191 e. The fourth-order valence-electron chi connectivity index (χ4n) is 2.14. The summed E-state index contributed by atoms with van der Waals surface area (Å²) >= 11 is 3.51. The largest absolute Gasteiger partial charge is 0.380 e. The Hall–Kier alpha value is -0.710. The Morgan fingerprint density at radius 2 is 2.12 bits per heavy atom. The monoisotopic (exact) mass is 494 g/mol. The van der Waals surface area contributed by atoms with Crippen LogP contribution in [0.2, 0.25) is 0 Å². The molecule has 0 radical (unpaired) electrons. The van der Waals surface area contributed by atoms with E-state index in [0.29, 0.717) is 13.2 Å². The number of aromatic nitrogens is 1. The Morgan fingerprint density at radius 3 is 2.80 bits per heavy atom. The quantitative estimate of drug-likeness (QED) is 0.240. The van der Waals surface area contributed by atoms with E-state index in [2.05, 4.69) is 45.0 Å². The summed E-state index contributed by atoms with van der Waals surface area (Å²) in [4.78, 5) is 11.6. The predicted octanol–water partition coefficient (Wildman–Crippen LogP) is 3.93. The molecule has 25 heavy (non-hydrogen) atoms. The van der Waals surface area contributed by atoms with Gasteiger partial charge in [-0.15, -0.1) is 46.7 Å². The van der Waals surface area contributed by atoms with Crippen LogP contribution in [0.5, 0.6) is 0 Å². The van der Waals surface area contributed by atoms with Crippen LogP contribution >= 0.6 is 46.7 Å². The van der Waals surface area contributed by atoms with E-state index < -0.39 is 0 Å². The number of nitrogens with zero attached hydrogens (tertiary/aromatic N) is 2. The highest BCUT2D eigenvalue weighted by atomic mass is 127. The van der Waals surface area contributed by atoms with E-state index in [4.69, 9.17) is 4.74 Å². The van der Waals surface area contributed by atoms with Gasteiger partial charge >= 0.3 is 0 Å². The number of guanidine groups is 1. The Kier molecular flexibility index (Phi) is 11.3. The van der Waals surface area contributed by atoms with Crippen molar-refractivity contribution in [1.29, 1.82) is 0 Å². The Balaban J connectivity index is 0.00000312. The van der Waals surface area contributed by atoms with Crippen molar-refractivity contribution in [3.8, 4) is 10.6 Å². The number of nitrogens with one attached hydrogen (secondary N) is 2. The zero-order chi connectivity index (χ0) is 17.2. The van der Waals surface area contributed by atoms with Gasteiger partial charge in [-0.2, -0.15) is 0 Å². The van der Waals surface area contributed by atoms with Gasteiger partial charge in [-0.05, 0) is 39.3 Å². The van der Waals surface area contributed by atoms with E-state index in [-0.39, 0.29) is 24.0 Å². The van der Waals surface area contributed by atoms with E-state index in [0.717, 1.165) is 42.8 Å². The molecule has 2 aromatic rings. The molecule has 2 N–H and O–H groups in total. The summed E-state index contributed by atoms with van der Waals surface area (Å²) in [5.41, 5.74) is 1.09. The molecule has 0 aromatic carbocycles. The standard InChI is InChI=1S/C17H26N4OS2.HI/c1-4-18-17(20-10-11-22-5-2)19-9-8-14-6-7-16(24-14)15-12-23-13(3)21-15;/h6-7,12H,4-5,8-11H2,1-3H3,(H2,18,19,20);1H. The van der Waals surface area contributed by atoms with Gasteiger partial charge in [0.05, 0.1) is 28.7 Å². The minimum Gasteiger partial charge on any atom is -0.380 e. The number of ether oxygens (including phenoxy) is 1. The number of aryl methyl sites for hydroxylation is 1. The third-order valence-electron chi connectivity index (χ3n) is 3.25. The fraction of sp³-hybridized carbons (Fsp3) is 0.529. The molecular weight excluding hydrogens is 467 g/mol. The SMILES string of the molecule is CCNC(=NCCOCC)NCCc1ccc(-c2csc(C)n2)s1.I. The highest BCUT2D eigenvalue weighted by molar-refractivity contribution is 14.0. The van der Waals surface area contributed by atoms with Crippen molar-refractivity contribution in [2.24, 2.45) is 4.99 Å². The maximum absolute atomic E-state index is 5.32. The molecule has 0 spiro atoms. The fourth-order valence-corrected chi connectivity index (χ4v) is 3.79. The normalized spacial score (nSPS) is 11.2. The van der Waals surface area contributed by atoms with Crippen LogP contribution in [0.3, 0.4) is 0 Å². The van der Waals surface area contributed by atoms with Crippen molar-refractivity contribution < 1.29 is 4.74 Å². The van der Waals surface area contributed by atoms with Crippen LogP contribution in [0.1, 0.15) is 23.7 Å². The summed E-state index contributed by atoms with van der Waals surface area (Å²) in [6, 6.07) is 4.35. The zero-order valence-electron chi connectivity index (χ0n) is 15.0. The van der Waals surface area contributed by atoms with Crippen molar-refractivity contribution >= 4 is 52.6 Å². The Morgan fingerprint density at radius 1 is 1.28 bits per heavy atom. The molecular formula is C17H27IN4OS2. The Bertz CT molecular complexity index is 642. The summed E-state index contributed by atoms with van der Waals surface area (Å²) in [5.74, 6) is 0.851. The molecule has 0 aliphatic rings. The van der Waals surface area contributed by atoms with Crippen LogP contribution in [-0.2, 0) is 11.2 Å². The molecule has 0 aliphatic carbocycles. The number of hydrogen-bond acceptors (Lipinski definition) is 5. The second-order valence-corrected chi connectivity index (χ2v) is 7.38. The summed E-state index contributed by atoms with van der Waals surface area (Å²) in [6.07, 6.45) is 0.976. The van der Waals surface area contributed by atoms with Gasteiger partial charge in [-0.25, -0.2) is 4.98 Å². The number of rotatable bonds is 9. The van der Waals surface area contributed by atoms with Crippen LogP contribution < -0.4 is 10.6 Å². The van der Waals surface area contributed by atoms with Gasteiger partial charge in [-0.3, -0.25) is 4.99 Å². The van der Waals surface area contributed by atoms with Crippen LogP contribution in [-0.4, -0.2) is 43.8 Å². The lowest BCUT2D eigenvalue weighted by Gasteiger charge is -2.10.